The van der Waals surface area contributed by atoms with E-state index in [1.807, 2.05) is 0 Å². The summed E-state index contributed by atoms with van der Waals surface area (Å²) in [5.41, 5.74) is 1.93. The van der Waals surface area contributed by atoms with E-state index >= 15 is 0 Å². The van der Waals surface area contributed by atoms with Crippen LogP contribution in [0.15, 0.2) is 34.3 Å². The summed E-state index contributed by atoms with van der Waals surface area (Å²) in [4.78, 5) is 11.9. The van der Waals surface area contributed by atoms with Gasteiger partial charge < -0.3 is 10.4 Å². The van der Waals surface area contributed by atoms with Crippen LogP contribution in [0.2, 0.25) is 0 Å². The van der Waals surface area contributed by atoms with E-state index in [1.165, 1.54) is 30.9 Å². The fourth-order valence-electron chi connectivity index (χ4n) is 2.22. The average Bonchev–Trinajstić information content (AvgIpc) is 2.43. The first-order valence-corrected chi connectivity index (χ1v) is 7.41. The molecule has 0 unspecified atom stereocenters. The zero-order valence-electron chi connectivity index (χ0n) is 10.8. The van der Waals surface area contributed by atoms with Gasteiger partial charge >= 0.3 is 0 Å². The molecule has 0 saturated carbocycles. The molecule has 3 nitrogen and oxygen atoms in total. The second-order valence-electron chi connectivity index (χ2n) is 4.78. The molecule has 0 radical (unpaired) electrons. The second kappa shape index (κ2) is 6.75. The van der Waals surface area contributed by atoms with Crippen LogP contribution >= 0.6 is 15.9 Å². The summed E-state index contributed by atoms with van der Waals surface area (Å²) in [6.45, 7) is 0.654. The Bertz CT molecular complexity index is 497. The molecule has 1 aromatic rings. The minimum atomic E-state index is -0.140. The number of nitrogens with one attached hydrogen (secondary N) is 1. The molecule has 0 aliphatic heterocycles. The molecular formula is C15H18BrNO2. The zero-order valence-corrected chi connectivity index (χ0v) is 12.4. The van der Waals surface area contributed by atoms with Gasteiger partial charge in [-0.1, -0.05) is 11.6 Å². The highest BCUT2D eigenvalue weighted by Gasteiger charge is 2.08. The number of amides is 1. The predicted molar refractivity (Wildman–Crippen MR) is 79.3 cm³/mol. The van der Waals surface area contributed by atoms with Crippen molar-refractivity contribution in [3.63, 3.8) is 0 Å². The molecule has 0 fully saturated rings. The summed E-state index contributed by atoms with van der Waals surface area (Å²) in [6.07, 6.45) is 8.10. The molecule has 2 rings (SSSR count). The fourth-order valence-corrected chi connectivity index (χ4v) is 2.47. The van der Waals surface area contributed by atoms with Gasteiger partial charge in [-0.25, -0.2) is 0 Å². The van der Waals surface area contributed by atoms with Gasteiger partial charge in [0.05, 0.1) is 4.47 Å². The number of rotatable bonds is 4. The molecule has 19 heavy (non-hydrogen) atoms. The number of hydrogen-bond acceptors (Lipinski definition) is 2. The van der Waals surface area contributed by atoms with Crippen LogP contribution in [-0.4, -0.2) is 17.6 Å². The average molecular weight is 324 g/mol. The highest BCUT2D eigenvalue weighted by molar-refractivity contribution is 9.10. The maximum absolute atomic E-state index is 11.9. The third-order valence-corrected chi connectivity index (χ3v) is 4.00. The first-order chi connectivity index (χ1) is 9.16. The number of benzene rings is 1. The van der Waals surface area contributed by atoms with Crippen molar-refractivity contribution in [2.45, 2.75) is 32.1 Å². The Morgan fingerprint density at radius 1 is 1.37 bits per heavy atom. The number of hydrogen-bond donors (Lipinski definition) is 2. The van der Waals surface area contributed by atoms with Gasteiger partial charge in [0, 0.05) is 12.1 Å². The normalized spacial score (nSPS) is 14.9. The molecule has 0 heterocycles. The van der Waals surface area contributed by atoms with Gasteiger partial charge in [-0.2, -0.15) is 0 Å². The topological polar surface area (TPSA) is 49.3 Å². The molecule has 0 saturated heterocycles. The number of carbonyl (C=O) groups is 1. The van der Waals surface area contributed by atoms with Crippen molar-refractivity contribution in [2.24, 2.45) is 0 Å². The van der Waals surface area contributed by atoms with Gasteiger partial charge in [0.15, 0.2) is 0 Å². The van der Waals surface area contributed by atoms with Crippen molar-refractivity contribution >= 4 is 21.8 Å². The standard InChI is InChI=1S/C15H18BrNO2/c16-13-7-6-12(10-14(13)18)15(19)17-9-8-11-4-2-1-3-5-11/h4,6-7,10,18H,1-3,5,8-9H2,(H,17,19). The van der Waals surface area contributed by atoms with E-state index in [-0.39, 0.29) is 11.7 Å². The van der Waals surface area contributed by atoms with Crippen LogP contribution < -0.4 is 5.32 Å². The Morgan fingerprint density at radius 2 is 2.21 bits per heavy atom. The Kier molecular flexibility index (Phi) is 5.02. The van der Waals surface area contributed by atoms with E-state index in [1.54, 1.807) is 12.1 Å². The first-order valence-electron chi connectivity index (χ1n) is 6.61. The van der Waals surface area contributed by atoms with E-state index in [0.717, 1.165) is 12.8 Å². The van der Waals surface area contributed by atoms with Crippen molar-refractivity contribution in [1.82, 2.24) is 5.32 Å². The lowest BCUT2D eigenvalue weighted by Crippen LogP contribution is -2.24. The number of halogens is 1. The summed E-state index contributed by atoms with van der Waals surface area (Å²) in [7, 11) is 0. The van der Waals surface area contributed by atoms with E-state index in [9.17, 15) is 9.90 Å². The molecule has 102 valence electrons. The molecular weight excluding hydrogens is 306 g/mol. The highest BCUT2D eigenvalue weighted by atomic mass is 79.9. The predicted octanol–water partition coefficient (Wildman–Crippen LogP) is 3.78. The Hall–Kier alpha value is -1.29. The van der Waals surface area contributed by atoms with Gasteiger partial charge in [-0.15, -0.1) is 0 Å². The zero-order chi connectivity index (χ0) is 13.7. The van der Waals surface area contributed by atoms with Crippen LogP contribution in [0.5, 0.6) is 5.75 Å². The van der Waals surface area contributed by atoms with Crippen LogP contribution in [0.1, 0.15) is 42.5 Å². The van der Waals surface area contributed by atoms with Crippen molar-refractivity contribution < 1.29 is 9.90 Å². The summed E-state index contributed by atoms with van der Waals surface area (Å²) in [5, 5.41) is 12.4. The maximum Gasteiger partial charge on any atom is 0.251 e. The molecule has 0 atom stereocenters. The molecule has 4 heteroatoms. The smallest absolute Gasteiger partial charge is 0.251 e. The number of aromatic hydroxyl groups is 1. The summed E-state index contributed by atoms with van der Waals surface area (Å²) >= 11 is 3.19. The SMILES string of the molecule is O=C(NCCC1=CCCCC1)c1ccc(Br)c(O)c1. The number of phenolic OH excluding ortho intramolecular Hbond substituents is 1. The van der Waals surface area contributed by atoms with E-state index < -0.39 is 0 Å². The fraction of sp³-hybridized carbons (Fsp3) is 0.400. The van der Waals surface area contributed by atoms with E-state index in [0.29, 0.717) is 16.6 Å². The van der Waals surface area contributed by atoms with Crippen molar-refractivity contribution in [2.75, 3.05) is 6.54 Å². The lowest BCUT2D eigenvalue weighted by molar-refractivity contribution is 0.0953. The second-order valence-corrected chi connectivity index (χ2v) is 5.63. The van der Waals surface area contributed by atoms with E-state index in [4.69, 9.17) is 0 Å². The summed E-state index contributed by atoms with van der Waals surface area (Å²) in [5.74, 6) is -0.0538. The monoisotopic (exact) mass is 323 g/mol. The number of carbonyl (C=O) groups excluding carboxylic acids is 1. The van der Waals surface area contributed by atoms with Gasteiger partial charge in [0.25, 0.3) is 5.91 Å². The van der Waals surface area contributed by atoms with Crippen LogP contribution in [0, 0.1) is 0 Å². The maximum atomic E-state index is 11.9. The van der Waals surface area contributed by atoms with Gasteiger partial charge in [-0.05, 0) is 66.2 Å². The minimum absolute atomic E-state index is 0.0858. The lowest BCUT2D eigenvalue weighted by atomic mass is 9.97. The van der Waals surface area contributed by atoms with Crippen molar-refractivity contribution in [1.29, 1.82) is 0 Å². The number of phenols is 1. The lowest BCUT2D eigenvalue weighted by Gasteiger charge is -2.13. The third-order valence-electron chi connectivity index (χ3n) is 3.33. The molecule has 1 aliphatic carbocycles. The Morgan fingerprint density at radius 3 is 2.89 bits per heavy atom. The Labute approximate surface area is 121 Å². The van der Waals surface area contributed by atoms with Crippen LogP contribution in [-0.2, 0) is 0 Å². The molecule has 0 aromatic heterocycles. The van der Waals surface area contributed by atoms with Gasteiger partial charge in [0.1, 0.15) is 5.75 Å². The van der Waals surface area contributed by atoms with E-state index in [2.05, 4.69) is 27.3 Å². The van der Waals surface area contributed by atoms with Crippen LogP contribution in [0.4, 0.5) is 0 Å². The first kappa shape index (κ1) is 14.1. The molecule has 1 aliphatic rings. The highest BCUT2D eigenvalue weighted by Crippen LogP contribution is 2.24. The molecule has 2 N–H and O–H groups in total. The third kappa shape index (κ3) is 4.10. The van der Waals surface area contributed by atoms with Gasteiger partial charge in [-0.3, -0.25) is 4.79 Å². The van der Waals surface area contributed by atoms with Crippen molar-refractivity contribution in [3.05, 3.63) is 39.9 Å². The molecule has 0 bridgehead atoms. The van der Waals surface area contributed by atoms with Crippen molar-refractivity contribution in [3.8, 4) is 5.75 Å². The summed E-state index contributed by atoms with van der Waals surface area (Å²) in [6, 6.07) is 4.84. The molecule has 1 aromatic carbocycles. The molecule has 1 amide bonds. The number of allylic oxidation sites excluding steroid dienone is 1. The van der Waals surface area contributed by atoms with Crippen LogP contribution in [0.25, 0.3) is 0 Å². The Balaban J connectivity index is 1.83. The quantitative estimate of drug-likeness (QED) is 0.828. The van der Waals surface area contributed by atoms with Gasteiger partial charge in [0.2, 0.25) is 0 Å². The largest absolute Gasteiger partial charge is 0.507 e. The molecule has 0 spiro atoms. The minimum Gasteiger partial charge on any atom is -0.507 e. The van der Waals surface area contributed by atoms with Crippen LogP contribution in [0.3, 0.4) is 0 Å². The summed E-state index contributed by atoms with van der Waals surface area (Å²) < 4.78 is 0.594.